The van der Waals surface area contributed by atoms with Crippen molar-refractivity contribution in [3.8, 4) is 5.88 Å². The fourth-order valence-corrected chi connectivity index (χ4v) is 3.17. The number of carbonyl (C=O) groups excluding carboxylic acids is 1. The molecule has 0 radical (unpaired) electrons. The second-order valence-electron chi connectivity index (χ2n) is 7.61. The first kappa shape index (κ1) is 28.6. The van der Waals surface area contributed by atoms with Gasteiger partial charge in [0.15, 0.2) is 0 Å². The number of ether oxygens (including phenoxy) is 2. The third-order valence-corrected chi connectivity index (χ3v) is 5.20. The monoisotopic (exact) mass is 557 g/mol. The van der Waals surface area contributed by atoms with Crippen molar-refractivity contribution in [1.29, 1.82) is 5.41 Å². The predicted octanol–water partition coefficient (Wildman–Crippen LogP) is 7.08. The molecule has 200 valence electrons. The molecule has 0 aliphatic rings. The van der Waals surface area contributed by atoms with Gasteiger partial charge in [-0.05, 0) is 35.9 Å². The molecule has 2 aromatic carbocycles. The molecule has 13 heteroatoms. The van der Waals surface area contributed by atoms with E-state index in [1.165, 1.54) is 36.4 Å². The van der Waals surface area contributed by atoms with Gasteiger partial charge in [-0.1, -0.05) is 35.9 Å². The van der Waals surface area contributed by atoms with Crippen molar-refractivity contribution in [2.24, 2.45) is 4.99 Å². The zero-order chi connectivity index (χ0) is 27.9. The van der Waals surface area contributed by atoms with Gasteiger partial charge in [-0.15, -0.1) is 0 Å². The Bertz CT molecular complexity index is 1320. The Kier molecular flexibility index (Phi) is 9.10. The number of esters is 1. The molecule has 1 heterocycles. The predicted molar refractivity (Wildman–Crippen MR) is 128 cm³/mol. The number of benzene rings is 2. The van der Waals surface area contributed by atoms with E-state index in [-0.39, 0.29) is 46.6 Å². The van der Waals surface area contributed by atoms with Gasteiger partial charge in [-0.2, -0.15) is 26.3 Å². The van der Waals surface area contributed by atoms with E-state index in [1.54, 1.807) is 12.1 Å². The lowest BCUT2D eigenvalue weighted by molar-refractivity contribution is -0.137. The van der Waals surface area contributed by atoms with Gasteiger partial charge in [-0.3, -0.25) is 4.99 Å². The number of aromatic nitrogens is 1. The Labute approximate surface area is 217 Å². The van der Waals surface area contributed by atoms with Gasteiger partial charge in [0.2, 0.25) is 5.88 Å². The lowest BCUT2D eigenvalue weighted by atomic mass is 10.0. The molecule has 3 rings (SSSR count). The van der Waals surface area contributed by atoms with Crippen molar-refractivity contribution in [2.75, 3.05) is 13.2 Å². The molecular formula is C25H18ClF6N3O3. The first-order valence-electron chi connectivity index (χ1n) is 10.7. The quantitative estimate of drug-likeness (QED) is 0.132. The zero-order valence-electron chi connectivity index (χ0n) is 19.2. The molecule has 0 fully saturated rings. The summed E-state index contributed by atoms with van der Waals surface area (Å²) in [5.41, 5.74) is -2.08. The molecule has 0 unspecified atom stereocenters. The van der Waals surface area contributed by atoms with Crippen molar-refractivity contribution in [3.63, 3.8) is 0 Å². The van der Waals surface area contributed by atoms with Gasteiger partial charge in [0.25, 0.3) is 0 Å². The molecule has 0 atom stereocenters. The highest BCUT2D eigenvalue weighted by Crippen LogP contribution is 2.30. The fourth-order valence-electron chi connectivity index (χ4n) is 2.99. The Morgan fingerprint density at radius 1 is 0.947 bits per heavy atom. The standard InChI is InChI=1S/C25H18ClF6N3O3/c26-18-3-1-2-4-19(18)35-20(14-21(33)25(30,31)32)15-5-7-16(8-6-15)23(36)38-12-11-37-22-13-17(9-10-34-22)24(27,28)29/h1-10,13,33H,11-12,14H2. The number of nitrogens with zero attached hydrogens (tertiary/aromatic N) is 2. The summed E-state index contributed by atoms with van der Waals surface area (Å²) in [5, 5.41) is 7.56. The van der Waals surface area contributed by atoms with Crippen LogP contribution in [0, 0.1) is 5.41 Å². The van der Waals surface area contributed by atoms with Crippen LogP contribution >= 0.6 is 11.6 Å². The average Bonchev–Trinajstić information content (AvgIpc) is 2.86. The fraction of sp³-hybridized carbons (Fsp3) is 0.200. The number of rotatable bonds is 9. The highest BCUT2D eigenvalue weighted by molar-refractivity contribution is 6.33. The number of nitrogens with one attached hydrogen (secondary N) is 1. The van der Waals surface area contributed by atoms with E-state index in [1.807, 2.05) is 0 Å². The summed E-state index contributed by atoms with van der Waals surface area (Å²) in [6.07, 6.45) is -9.31. The highest BCUT2D eigenvalue weighted by Gasteiger charge is 2.35. The largest absolute Gasteiger partial charge is 0.474 e. The van der Waals surface area contributed by atoms with Crippen LogP contribution in [0.4, 0.5) is 32.0 Å². The van der Waals surface area contributed by atoms with Gasteiger partial charge >= 0.3 is 18.3 Å². The molecular weight excluding hydrogens is 540 g/mol. The number of alkyl halides is 6. The lowest BCUT2D eigenvalue weighted by Gasteiger charge is -2.12. The van der Waals surface area contributed by atoms with Crippen molar-refractivity contribution < 1.29 is 40.6 Å². The third kappa shape index (κ3) is 8.04. The minimum Gasteiger partial charge on any atom is -0.474 e. The molecule has 0 saturated heterocycles. The first-order chi connectivity index (χ1) is 17.8. The van der Waals surface area contributed by atoms with E-state index in [0.29, 0.717) is 6.07 Å². The van der Waals surface area contributed by atoms with Crippen molar-refractivity contribution >= 4 is 34.7 Å². The second-order valence-corrected chi connectivity index (χ2v) is 8.01. The van der Waals surface area contributed by atoms with Crippen LogP contribution in [-0.4, -0.2) is 41.8 Å². The van der Waals surface area contributed by atoms with Crippen LogP contribution in [0.2, 0.25) is 5.02 Å². The summed E-state index contributed by atoms with van der Waals surface area (Å²) < 4.78 is 87.4. The molecule has 6 nitrogen and oxygen atoms in total. The first-order valence-corrected chi connectivity index (χ1v) is 11.1. The molecule has 0 aliphatic carbocycles. The summed E-state index contributed by atoms with van der Waals surface area (Å²) in [5.74, 6) is -1.10. The summed E-state index contributed by atoms with van der Waals surface area (Å²) >= 11 is 6.07. The maximum atomic E-state index is 13.0. The number of aliphatic imine (C=N–C) groups is 1. The van der Waals surface area contributed by atoms with Crippen molar-refractivity contribution in [3.05, 3.63) is 88.6 Å². The van der Waals surface area contributed by atoms with Crippen molar-refractivity contribution in [1.82, 2.24) is 4.98 Å². The Hall–Kier alpha value is -3.93. The Morgan fingerprint density at radius 2 is 1.61 bits per heavy atom. The summed E-state index contributed by atoms with van der Waals surface area (Å²) in [6.45, 7) is -0.577. The average molecular weight is 558 g/mol. The molecule has 0 amide bonds. The van der Waals surface area contributed by atoms with Crippen LogP contribution in [0.1, 0.15) is 27.9 Å². The molecule has 1 aromatic heterocycles. The molecule has 1 N–H and O–H groups in total. The highest BCUT2D eigenvalue weighted by atomic mass is 35.5. The minimum absolute atomic E-state index is 0.0499. The SMILES string of the molecule is N=C(CC(=Nc1ccccc1Cl)c1ccc(C(=O)OCCOc2cc(C(F)(F)F)ccn2)cc1)C(F)(F)F. The van der Waals surface area contributed by atoms with E-state index in [2.05, 4.69) is 9.98 Å². The zero-order valence-corrected chi connectivity index (χ0v) is 20.0. The number of pyridine rings is 1. The lowest BCUT2D eigenvalue weighted by Crippen LogP contribution is -2.25. The molecule has 3 aromatic rings. The van der Waals surface area contributed by atoms with E-state index >= 15 is 0 Å². The minimum atomic E-state index is -4.85. The van der Waals surface area contributed by atoms with Crippen molar-refractivity contribution in [2.45, 2.75) is 18.8 Å². The molecule has 38 heavy (non-hydrogen) atoms. The normalized spacial score (nSPS) is 12.2. The number of halogens is 7. The van der Waals surface area contributed by atoms with Crippen LogP contribution in [0.3, 0.4) is 0 Å². The summed E-state index contributed by atoms with van der Waals surface area (Å²) in [6, 6.07) is 13.0. The van der Waals surface area contributed by atoms with Crippen LogP contribution in [0.15, 0.2) is 71.9 Å². The number of carbonyl (C=O) groups is 1. The number of hydrogen-bond donors (Lipinski definition) is 1. The molecule has 0 spiro atoms. The van der Waals surface area contributed by atoms with Gasteiger partial charge in [-0.25, -0.2) is 9.78 Å². The van der Waals surface area contributed by atoms with E-state index in [0.717, 1.165) is 12.3 Å². The Morgan fingerprint density at radius 3 is 2.24 bits per heavy atom. The number of para-hydroxylation sites is 1. The van der Waals surface area contributed by atoms with Crippen LogP contribution < -0.4 is 4.74 Å². The summed E-state index contributed by atoms with van der Waals surface area (Å²) in [7, 11) is 0. The molecule has 0 aliphatic heterocycles. The number of hydrogen-bond acceptors (Lipinski definition) is 6. The van der Waals surface area contributed by atoms with Gasteiger partial charge in [0, 0.05) is 18.7 Å². The smallest absolute Gasteiger partial charge is 0.429 e. The van der Waals surface area contributed by atoms with E-state index < -0.39 is 36.0 Å². The molecule has 0 bridgehead atoms. The maximum absolute atomic E-state index is 13.0. The van der Waals surface area contributed by atoms with Gasteiger partial charge in [0.05, 0.1) is 27.5 Å². The van der Waals surface area contributed by atoms with E-state index in [4.69, 9.17) is 26.5 Å². The Balaban J connectivity index is 1.66. The van der Waals surface area contributed by atoms with Crippen LogP contribution in [-0.2, 0) is 10.9 Å². The van der Waals surface area contributed by atoms with E-state index in [9.17, 15) is 31.1 Å². The van der Waals surface area contributed by atoms with Crippen LogP contribution in [0.5, 0.6) is 5.88 Å². The maximum Gasteiger partial charge on any atom is 0.429 e. The van der Waals surface area contributed by atoms with Crippen LogP contribution in [0.25, 0.3) is 0 Å². The third-order valence-electron chi connectivity index (χ3n) is 4.88. The second kappa shape index (κ2) is 12.1. The summed E-state index contributed by atoms with van der Waals surface area (Å²) in [4.78, 5) is 20.2. The van der Waals surface area contributed by atoms with Gasteiger partial charge < -0.3 is 14.9 Å². The molecule has 0 saturated carbocycles. The van der Waals surface area contributed by atoms with Gasteiger partial charge in [0.1, 0.15) is 18.9 Å². The topological polar surface area (TPSA) is 84.6 Å².